The van der Waals surface area contributed by atoms with Gasteiger partial charge in [0.1, 0.15) is 0 Å². The Morgan fingerprint density at radius 3 is 2.60 bits per heavy atom. The van der Waals surface area contributed by atoms with Crippen LogP contribution in [0.5, 0.6) is 0 Å². The number of nitrogens with zero attached hydrogens (tertiary/aromatic N) is 3. The van der Waals surface area contributed by atoms with Gasteiger partial charge in [0, 0.05) is 19.6 Å². The van der Waals surface area contributed by atoms with Crippen molar-refractivity contribution in [2.24, 2.45) is 5.73 Å². The van der Waals surface area contributed by atoms with Crippen LogP contribution in [0.3, 0.4) is 0 Å². The number of nitrogens with two attached hydrogens (primary N) is 1. The van der Waals surface area contributed by atoms with Gasteiger partial charge in [0.05, 0.1) is 5.69 Å². The standard InChI is InChI=1S/C11H20N4/c1-4-5-10-6-7-11(14-13-10)15(3)8-9(2)12/h6-7,9H,4-5,8,12H2,1-3H3. The van der Waals surface area contributed by atoms with Crippen molar-refractivity contribution in [2.75, 3.05) is 18.5 Å². The van der Waals surface area contributed by atoms with Crippen LogP contribution in [0.25, 0.3) is 0 Å². The molecular weight excluding hydrogens is 188 g/mol. The van der Waals surface area contributed by atoms with Crippen LogP contribution in [0.2, 0.25) is 0 Å². The largest absolute Gasteiger partial charge is 0.357 e. The van der Waals surface area contributed by atoms with E-state index in [1.807, 2.05) is 31.0 Å². The summed E-state index contributed by atoms with van der Waals surface area (Å²) < 4.78 is 0. The highest BCUT2D eigenvalue weighted by Gasteiger charge is 2.05. The summed E-state index contributed by atoms with van der Waals surface area (Å²) in [5, 5.41) is 8.33. The lowest BCUT2D eigenvalue weighted by Gasteiger charge is -2.19. The highest BCUT2D eigenvalue weighted by atomic mass is 15.2. The first-order valence-electron chi connectivity index (χ1n) is 5.42. The van der Waals surface area contributed by atoms with E-state index in [0.29, 0.717) is 0 Å². The summed E-state index contributed by atoms with van der Waals surface area (Å²) in [6.07, 6.45) is 2.09. The van der Waals surface area contributed by atoms with E-state index < -0.39 is 0 Å². The van der Waals surface area contributed by atoms with E-state index in [2.05, 4.69) is 17.1 Å². The van der Waals surface area contributed by atoms with E-state index >= 15 is 0 Å². The molecule has 1 aromatic heterocycles. The van der Waals surface area contributed by atoms with Crippen molar-refractivity contribution < 1.29 is 0 Å². The van der Waals surface area contributed by atoms with Crippen molar-refractivity contribution >= 4 is 5.82 Å². The molecule has 1 unspecified atom stereocenters. The molecule has 0 aliphatic rings. The monoisotopic (exact) mass is 208 g/mol. The Morgan fingerprint density at radius 1 is 1.40 bits per heavy atom. The van der Waals surface area contributed by atoms with Crippen molar-refractivity contribution in [3.8, 4) is 0 Å². The lowest BCUT2D eigenvalue weighted by Crippen LogP contribution is -2.33. The second-order valence-corrected chi connectivity index (χ2v) is 3.99. The van der Waals surface area contributed by atoms with Gasteiger partial charge in [-0.3, -0.25) is 0 Å². The Labute approximate surface area is 91.5 Å². The molecular formula is C11H20N4. The SMILES string of the molecule is CCCc1ccc(N(C)CC(C)N)nn1. The van der Waals surface area contributed by atoms with Gasteiger partial charge in [0.15, 0.2) is 5.82 Å². The molecule has 0 bridgehead atoms. The molecule has 1 atom stereocenters. The minimum Gasteiger partial charge on any atom is -0.357 e. The third-order valence-corrected chi connectivity index (χ3v) is 2.16. The van der Waals surface area contributed by atoms with E-state index in [0.717, 1.165) is 30.9 Å². The molecule has 4 nitrogen and oxygen atoms in total. The van der Waals surface area contributed by atoms with Crippen LogP contribution in [-0.2, 0) is 6.42 Å². The molecule has 0 saturated carbocycles. The second kappa shape index (κ2) is 5.66. The van der Waals surface area contributed by atoms with Gasteiger partial charge in [-0.1, -0.05) is 13.3 Å². The van der Waals surface area contributed by atoms with E-state index in [1.165, 1.54) is 0 Å². The van der Waals surface area contributed by atoms with Crippen LogP contribution in [0, 0.1) is 0 Å². The quantitative estimate of drug-likeness (QED) is 0.790. The minimum atomic E-state index is 0.145. The molecule has 0 saturated heterocycles. The number of hydrogen-bond donors (Lipinski definition) is 1. The maximum atomic E-state index is 5.72. The lowest BCUT2D eigenvalue weighted by atomic mass is 10.2. The summed E-state index contributed by atoms with van der Waals surface area (Å²) in [5.74, 6) is 0.882. The third kappa shape index (κ3) is 3.83. The topological polar surface area (TPSA) is 55.0 Å². The summed E-state index contributed by atoms with van der Waals surface area (Å²) in [6.45, 7) is 4.91. The Hall–Kier alpha value is -1.16. The van der Waals surface area contributed by atoms with Crippen molar-refractivity contribution in [3.05, 3.63) is 17.8 Å². The first-order chi connectivity index (χ1) is 7.13. The average molecular weight is 208 g/mol. The normalized spacial score (nSPS) is 12.5. The fraction of sp³-hybridized carbons (Fsp3) is 0.636. The van der Waals surface area contributed by atoms with Gasteiger partial charge in [-0.2, -0.15) is 5.10 Å². The highest BCUT2D eigenvalue weighted by molar-refractivity contribution is 5.36. The van der Waals surface area contributed by atoms with Crippen molar-refractivity contribution in [3.63, 3.8) is 0 Å². The Kier molecular flexibility index (Phi) is 4.49. The van der Waals surface area contributed by atoms with Crippen LogP contribution in [0.15, 0.2) is 12.1 Å². The summed E-state index contributed by atoms with van der Waals surface area (Å²) in [6, 6.07) is 4.18. The number of anilines is 1. The summed E-state index contributed by atoms with van der Waals surface area (Å²) >= 11 is 0. The fourth-order valence-electron chi connectivity index (χ4n) is 1.47. The summed E-state index contributed by atoms with van der Waals surface area (Å²) in [5.41, 5.74) is 6.77. The van der Waals surface area contributed by atoms with Gasteiger partial charge in [-0.15, -0.1) is 5.10 Å². The molecule has 0 spiro atoms. The Bertz CT molecular complexity index is 281. The molecule has 1 aromatic rings. The van der Waals surface area contributed by atoms with Crippen LogP contribution < -0.4 is 10.6 Å². The average Bonchev–Trinajstić information content (AvgIpc) is 2.18. The molecule has 1 rings (SSSR count). The minimum absolute atomic E-state index is 0.145. The highest BCUT2D eigenvalue weighted by Crippen LogP contribution is 2.08. The van der Waals surface area contributed by atoms with Gasteiger partial charge < -0.3 is 10.6 Å². The number of aromatic nitrogens is 2. The molecule has 0 aliphatic carbocycles. The number of likely N-dealkylation sites (N-methyl/N-ethyl adjacent to an activating group) is 1. The van der Waals surface area contributed by atoms with E-state index in [9.17, 15) is 0 Å². The van der Waals surface area contributed by atoms with Crippen LogP contribution in [0.4, 0.5) is 5.82 Å². The van der Waals surface area contributed by atoms with Crippen LogP contribution in [0.1, 0.15) is 26.0 Å². The maximum Gasteiger partial charge on any atom is 0.151 e. The summed E-state index contributed by atoms with van der Waals surface area (Å²) in [7, 11) is 1.98. The van der Waals surface area contributed by atoms with Gasteiger partial charge in [-0.25, -0.2) is 0 Å². The second-order valence-electron chi connectivity index (χ2n) is 3.99. The number of rotatable bonds is 5. The molecule has 0 radical (unpaired) electrons. The van der Waals surface area contributed by atoms with Gasteiger partial charge in [0.25, 0.3) is 0 Å². The number of aryl methyl sites for hydroxylation is 1. The molecule has 15 heavy (non-hydrogen) atoms. The van der Waals surface area contributed by atoms with Crippen molar-refractivity contribution in [1.29, 1.82) is 0 Å². The molecule has 84 valence electrons. The zero-order chi connectivity index (χ0) is 11.3. The predicted octanol–water partition coefficient (Wildman–Crippen LogP) is 1.21. The molecule has 4 heteroatoms. The molecule has 0 aliphatic heterocycles. The zero-order valence-corrected chi connectivity index (χ0v) is 9.77. The van der Waals surface area contributed by atoms with E-state index in [1.54, 1.807) is 0 Å². The third-order valence-electron chi connectivity index (χ3n) is 2.16. The number of hydrogen-bond acceptors (Lipinski definition) is 4. The lowest BCUT2D eigenvalue weighted by molar-refractivity contribution is 0.704. The van der Waals surface area contributed by atoms with Gasteiger partial charge >= 0.3 is 0 Å². The first-order valence-corrected chi connectivity index (χ1v) is 5.42. The molecule has 2 N–H and O–H groups in total. The summed E-state index contributed by atoms with van der Waals surface area (Å²) in [4.78, 5) is 2.02. The smallest absolute Gasteiger partial charge is 0.151 e. The predicted molar refractivity (Wildman–Crippen MR) is 62.9 cm³/mol. The zero-order valence-electron chi connectivity index (χ0n) is 9.77. The molecule has 0 aromatic carbocycles. The van der Waals surface area contributed by atoms with E-state index in [-0.39, 0.29) is 6.04 Å². The van der Waals surface area contributed by atoms with Crippen LogP contribution >= 0.6 is 0 Å². The Balaban J connectivity index is 2.62. The van der Waals surface area contributed by atoms with Crippen molar-refractivity contribution in [1.82, 2.24) is 10.2 Å². The van der Waals surface area contributed by atoms with Gasteiger partial charge in [0.2, 0.25) is 0 Å². The van der Waals surface area contributed by atoms with Crippen LogP contribution in [-0.4, -0.2) is 29.8 Å². The molecule has 0 fully saturated rings. The molecule has 1 heterocycles. The first kappa shape index (κ1) is 11.9. The molecule has 0 amide bonds. The van der Waals surface area contributed by atoms with Crippen molar-refractivity contribution in [2.45, 2.75) is 32.7 Å². The van der Waals surface area contributed by atoms with Gasteiger partial charge in [-0.05, 0) is 25.5 Å². The fourth-order valence-corrected chi connectivity index (χ4v) is 1.47. The Morgan fingerprint density at radius 2 is 2.13 bits per heavy atom. The maximum absolute atomic E-state index is 5.72. The van der Waals surface area contributed by atoms with E-state index in [4.69, 9.17) is 5.73 Å².